The lowest BCUT2D eigenvalue weighted by Crippen LogP contribution is -2.09. The summed E-state index contributed by atoms with van der Waals surface area (Å²) in [5, 5.41) is 9.44. The number of benzene rings is 1. The van der Waals surface area contributed by atoms with Crippen molar-refractivity contribution in [1.29, 1.82) is 0 Å². The normalized spacial score (nSPS) is 10.6. The Labute approximate surface area is 103 Å². The summed E-state index contributed by atoms with van der Waals surface area (Å²) >= 11 is 3.33. The van der Waals surface area contributed by atoms with E-state index in [-0.39, 0.29) is 6.61 Å². The summed E-state index contributed by atoms with van der Waals surface area (Å²) in [4.78, 5) is 10.4. The van der Waals surface area contributed by atoms with Crippen molar-refractivity contribution in [2.75, 3.05) is 11.9 Å². The molecule has 0 amide bonds. The van der Waals surface area contributed by atoms with E-state index in [4.69, 9.17) is 9.84 Å². The predicted molar refractivity (Wildman–Crippen MR) is 67.0 cm³/mol. The average molecular weight is 285 g/mol. The summed E-state index contributed by atoms with van der Waals surface area (Å²) < 4.78 is 5.17. The number of para-hydroxylation sites is 1. The van der Waals surface area contributed by atoms with Crippen LogP contribution in [-0.2, 0) is 4.79 Å². The Morgan fingerprint density at radius 1 is 1.44 bits per heavy atom. The summed E-state index contributed by atoms with van der Waals surface area (Å²) in [6.07, 6.45) is 4.86. The van der Waals surface area contributed by atoms with Crippen molar-refractivity contribution < 1.29 is 14.6 Å². The number of carboxylic acid groups (broad SMARTS) is 1. The fourth-order valence-corrected chi connectivity index (χ4v) is 1.43. The molecule has 0 aliphatic heterocycles. The highest BCUT2D eigenvalue weighted by Crippen LogP contribution is 2.19. The fourth-order valence-electron chi connectivity index (χ4n) is 1.16. The van der Waals surface area contributed by atoms with Crippen LogP contribution in [0.4, 0.5) is 0 Å². The minimum Gasteiger partial charge on any atom is -0.481 e. The molecular formula is C12H13BrO3. The Kier molecular flexibility index (Phi) is 5.64. The first kappa shape index (κ1) is 12.8. The van der Waals surface area contributed by atoms with Crippen molar-refractivity contribution >= 4 is 28.0 Å². The number of carbonyl (C=O) groups is 1. The topological polar surface area (TPSA) is 46.5 Å². The molecule has 0 heterocycles. The molecule has 1 aromatic carbocycles. The maximum absolute atomic E-state index is 10.4. The molecule has 1 aromatic rings. The third-order valence-corrected chi connectivity index (χ3v) is 2.30. The summed E-state index contributed by atoms with van der Waals surface area (Å²) in [5.41, 5.74) is 0.893. The zero-order chi connectivity index (χ0) is 11.8. The zero-order valence-corrected chi connectivity index (χ0v) is 10.3. The Morgan fingerprint density at radius 2 is 2.19 bits per heavy atom. The summed E-state index contributed by atoms with van der Waals surface area (Å²) in [6.45, 7) is -0.316. The number of alkyl halides is 1. The van der Waals surface area contributed by atoms with Crippen LogP contribution in [-0.4, -0.2) is 23.0 Å². The number of hydrogen-bond donors (Lipinski definition) is 1. The van der Waals surface area contributed by atoms with Crippen LogP contribution in [0.1, 0.15) is 12.0 Å². The van der Waals surface area contributed by atoms with Crippen molar-refractivity contribution in [3.8, 4) is 5.75 Å². The number of hydrogen-bond acceptors (Lipinski definition) is 2. The monoisotopic (exact) mass is 284 g/mol. The number of ether oxygens (including phenoxy) is 1. The maximum Gasteiger partial charge on any atom is 0.341 e. The molecule has 0 aromatic heterocycles. The van der Waals surface area contributed by atoms with E-state index in [9.17, 15) is 4.79 Å². The van der Waals surface area contributed by atoms with Crippen molar-refractivity contribution in [2.24, 2.45) is 0 Å². The van der Waals surface area contributed by atoms with Crippen LogP contribution >= 0.6 is 15.9 Å². The number of aliphatic carboxylic acids is 1. The predicted octanol–water partition coefficient (Wildman–Crippen LogP) is 2.95. The number of carboxylic acids is 1. The molecule has 0 radical (unpaired) electrons. The largest absolute Gasteiger partial charge is 0.481 e. The first-order chi connectivity index (χ1) is 7.74. The molecule has 1 N–H and O–H groups in total. The smallest absolute Gasteiger partial charge is 0.341 e. The van der Waals surface area contributed by atoms with Crippen molar-refractivity contribution in [1.82, 2.24) is 0 Å². The van der Waals surface area contributed by atoms with E-state index in [1.807, 2.05) is 30.4 Å². The third-order valence-electron chi connectivity index (χ3n) is 1.84. The molecule has 0 saturated carbocycles. The van der Waals surface area contributed by atoms with E-state index < -0.39 is 5.97 Å². The van der Waals surface area contributed by atoms with Gasteiger partial charge in [-0.3, -0.25) is 0 Å². The van der Waals surface area contributed by atoms with Gasteiger partial charge in [0.1, 0.15) is 5.75 Å². The van der Waals surface area contributed by atoms with Crippen molar-refractivity contribution in [2.45, 2.75) is 6.42 Å². The average Bonchev–Trinajstić information content (AvgIpc) is 2.28. The minimum absolute atomic E-state index is 0.316. The Morgan fingerprint density at radius 3 is 2.88 bits per heavy atom. The molecule has 0 atom stereocenters. The van der Waals surface area contributed by atoms with Crippen LogP contribution < -0.4 is 4.74 Å². The SMILES string of the molecule is O=C(O)COc1ccccc1C=CCCBr. The van der Waals surface area contributed by atoms with Crippen LogP contribution in [0.2, 0.25) is 0 Å². The maximum atomic E-state index is 10.4. The van der Waals surface area contributed by atoms with Crippen molar-refractivity contribution in [3.05, 3.63) is 35.9 Å². The zero-order valence-electron chi connectivity index (χ0n) is 8.73. The molecule has 0 fully saturated rings. The molecule has 0 spiro atoms. The highest BCUT2D eigenvalue weighted by atomic mass is 79.9. The molecule has 0 saturated heterocycles. The van der Waals surface area contributed by atoms with E-state index >= 15 is 0 Å². The molecular weight excluding hydrogens is 272 g/mol. The third kappa shape index (κ3) is 4.49. The Bertz CT molecular complexity index is 374. The summed E-state index contributed by atoms with van der Waals surface area (Å²) in [5.74, 6) is -0.380. The van der Waals surface area contributed by atoms with Gasteiger partial charge in [-0.2, -0.15) is 0 Å². The van der Waals surface area contributed by atoms with E-state index in [1.54, 1.807) is 6.07 Å². The summed E-state index contributed by atoms with van der Waals surface area (Å²) in [6, 6.07) is 7.36. The number of halogens is 1. The standard InChI is InChI=1S/C12H13BrO3/c13-8-4-3-6-10-5-1-2-7-11(10)16-9-12(14)15/h1-3,5-7H,4,8-9H2,(H,14,15). The van der Waals surface area contributed by atoms with Gasteiger partial charge >= 0.3 is 5.97 Å². The highest BCUT2D eigenvalue weighted by molar-refractivity contribution is 9.09. The Hall–Kier alpha value is -1.29. The van der Waals surface area contributed by atoms with Crippen LogP contribution in [0.3, 0.4) is 0 Å². The number of rotatable bonds is 6. The fraction of sp³-hybridized carbons (Fsp3) is 0.250. The van der Waals surface area contributed by atoms with E-state index in [0.717, 1.165) is 17.3 Å². The molecule has 0 aliphatic carbocycles. The van der Waals surface area contributed by atoms with Gasteiger partial charge in [0.15, 0.2) is 6.61 Å². The van der Waals surface area contributed by atoms with Crippen LogP contribution in [0.5, 0.6) is 5.75 Å². The van der Waals surface area contributed by atoms with Gasteiger partial charge in [-0.15, -0.1) is 0 Å². The molecule has 0 aliphatic rings. The van der Waals surface area contributed by atoms with Gasteiger partial charge in [0.2, 0.25) is 0 Å². The Balaban J connectivity index is 2.71. The van der Waals surface area contributed by atoms with Crippen molar-refractivity contribution in [3.63, 3.8) is 0 Å². The molecule has 0 unspecified atom stereocenters. The van der Waals surface area contributed by atoms with Crippen LogP contribution in [0.25, 0.3) is 6.08 Å². The lowest BCUT2D eigenvalue weighted by atomic mass is 10.2. The van der Waals surface area contributed by atoms with Crippen LogP contribution in [0.15, 0.2) is 30.3 Å². The van der Waals surface area contributed by atoms with Crippen LogP contribution in [0, 0.1) is 0 Å². The molecule has 1 rings (SSSR count). The summed E-state index contributed by atoms with van der Waals surface area (Å²) in [7, 11) is 0. The first-order valence-corrected chi connectivity index (χ1v) is 6.02. The minimum atomic E-state index is -0.973. The molecule has 3 nitrogen and oxygen atoms in total. The first-order valence-electron chi connectivity index (χ1n) is 4.90. The van der Waals surface area contributed by atoms with E-state index in [2.05, 4.69) is 15.9 Å². The quantitative estimate of drug-likeness (QED) is 0.817. The highest BCUT2D eigenvalue weighted by Gasteiger charge is 2.02. The number of allylic oxidation sites excluding steroid dienone is 1. The van der Waals surface area contributed by atoms with Gasteiger partial charge in [-0.25, -0.2) is 4.79 Å². The van der Waals surface area contributed by atoms with Gasteiger partial charge in [-0.05, 0) is 12.5 Å². The molecule has 16 heavy (non-hydrogen) atoms. The lowest BCUT2D eigenvalue weighted by Gasteiger charge is -2.06. The lowest BCUT2D eigenvalue weighted by molar-refractivity contribution is -0.139. The second-order valence-corrected chi connectivity index (χ2v) is 3.89. The van der Waals surface area contributed by atoms with Gasteiger partial charge in [0.25, 0.3) is 0 Å². The van der Waals surface area contributed by atoms with Gasteiger partial charge in [0, 0.05) is 10.9 Å². The molecule has 0 bridgehead atoms. The van der Waals surface area contributed by atoms with E-state index in [0.29, 0.717) is 5.75 Å². The second kappa shape index (κ2) is 7.06. The second-order valence-electron chi connectivity index (χ2n) is 3.10. The van der Waals surface area contributed by atoms with Gasteiger partial charge in [-0.1, -0.05) is 46.3 Å². The van der Waals surface area contributed by atoms with Gasteiger partial charge < -0.3 is 9.84 Å². The van der Waals surface area contributed by atoms with E-state index in [1.165, 1.54) is 0 Å². The van der Waals surface area contributed by atoms with Gasteiger partial charge in [0.05, 0.1) is 0 Å². The molecule has 4 heteroatoms. The molecule has 86 valence electrons.